The summed E-state index contributed by atoms with van der Waals surface area (Å²) >= 11 is 1.55. The average Bonchev–Trinajstić information content (AvgIpc) is 2.64. The molecule has 0 amide bonds. The number of thiophene rings is 1. The van der Waals surface area contributed by atoms with Gasteiger partial charge >= 0.3 is 0 Å². The van der Waals surface area contributed by atoms with Crippen LogP contribution in [-0.4, -0.2) is 10.8 Å². The van der Waals surface area contributed by atoms with Crippen molar-refractivity contribution in [1.82, 2.24) is 4.98 Å². The largest absolute Gasteiger partial charge is 0.384 e. The van der Waals surface area contributed by atoms with Crippen molar-refractivity contribution in [3.8, 4) is 0 Å². The Labute approximate surface area is 97.9 Å². The summed E-state index contributed by atoms with van der Waals surface area (Å²) in [5.41, 5.74) is 8.31. The minimum atomic E-state index is 0.129. The minimum absolute atomic E-state index is 0.129. The molecule has 2 N–H and O–H groups in total. The Morgan fingerprint density at radius 3 is 2.94 bits per heavy atom. The molecule has 0 aliphatic carbocycles. The minimum Gasteiger partial charge on any atom is -0.384 e. The number of aromatic nitrogens is 1. The molecule has 2 aromatic rings. The number of nitrogens with zero attached hydrogens (tertiary/aromatic N) is 1. The number of hydrogen-bond acceptors (Lipinski definition) is 4. The van der Waals surface area contributed by atoms with E-state index >= 15 is 0 Å². The van der Waals surface area contributed by atoms with Gasteiger partial charge < -0.3 is 5.73 Å². The topological polar surface area (TPSA) is 56.0 Å². The molecule has 0 aliphatic rings. The van der Waals surface area contributed by atoms with Crippen molar-refractivity contribution in [1.29, 1.82) is 0 Å². The fraction of sp³-hybridized carbons (Fsp3) is 0.167. The second-order valence-electron chi connectivity index (χ2n) is 3.66. The second-order valence-corrected chi connectivity index (χ2v) is 4.40. The van der Waals surface area contributed by atoms with Gasteiger partial charge in [-0.1, -0.05) is 0 Å². The predicted octanol–water partition coefficient (Wildman–Crippen LogP) is 2.46. The number of carbonyl (C=O) groups excluding carboxylic acids is 1. The smallest absolute Gasteiger partial charge is 0.168 e. The van der Waals surface area contributed by atoms with Crippen LogP contribution in [-0.2, 0) is 6.42 Å². The van der Waals surface area contributed by atoms with Crippen molar-refractivity contribution in [3.63, 3.8) is 0 Å². The zero-order valence-corrected chi connectivity index (χ0v) is 9.75. The number of nitrogens with two attached hydrogens (primary N) is 1. The molecule has 0 radical (unpaired) electrons. The van der Waals surface area contributed by atoms with E-state index in [0.29, 0.717) is 12.2 Å². The van der Waals surface area contributed by atoms with Gasteiger partial charge in [-0.05, 0) is 35.6 Å². The van der Waals surface area contributed by atoms with Crippen molar-refractivity contribution in [3.05, 3.63) is 45.8 Å². The third-order valence-corrected chi connectivity index (χ3v) is 3.23. The highest BCUT2D eigenvalue weighted by molar-refractivity contribution is 7.08. The summed E-state index contributed by atoms with van der Waals surface area (Å²) in [4.78, 5) is 15.8. The number of anilines is 1. The van der Waals surface area contributed by atoms with Crippen LogP contribution in [0, 0.1) is 6.92 Å². The quantitative estimate of drug-likeness (QED) is 0.827. The lowest BCUT2D eigenvalue weighted by molar-refractivity contribution is 0.0993. The first kappa shape index (κ1) is 10.8. The number of nitrogen functional groups attached to an aromatic ring is 1. The van der Waals surface area contributed by atoms with Gasteiger partial charge in [-0.15, -0.1) is 0 Å². The Morgan fingerprint density at radius 1 is 1.50 bits per heavy atom. The summed E-state index contributed by atoms with van der Waals surface area (Å²) in [7, 11) is 0. The van der Waals surface area contributed by atoms with Gasteiger partial charge in [0.05, 0.1) is 0 Å². The van der Waals surface area contributed by atoms with Crippen LogP contribution in [0.2, 0.25) is 0 Å². The molecule has 0 aromatic carbocycles. The van der Waals surface area contributed by atoms with Crippen molar-refractivity contribution in [2.45, 2.75) is 13.3 Å². The van der Waals surface area contributed by atoms with Gasteiger partial charge in [0.25, 0.3) is 0 Å². The molecule has 0 bridgehead atoms. The van der Waals surface area contributed by atoms with E-state index in [-0.39, 0.29) is 5.78 Å². The standard InChI is InChI=1S/C12H12N2OS/c1-8-6-16-7-10(8)11(15)4-9-2-3-14-12(13)5-9/h2-3,5-7H,4H2,1H3,(H2,13,14). The third kappa shape index (κ3) is 2.28. The van der Waals surface area contributed by atoms with Crippen LogP contribution < -0.4 is 5.73 Å². The van der Waals surface area contributed by atoms with Crippen LogP contribution in [0.1, 0.15) is 21.5 Å². The fourth-order valence-electron chi connectivity index (χ4n) is 1.53. The Hall–Kier alpha value is -1.68. The molecule has 16 heavy (non-hydrogen) atoms. The number of pyridine rings is 1. The van der Waals surface area contributed by atoms with Gasteiger partial charge in [0.2, 0.25) is 0 Å². The first-order valence-corrected chi connectivity index (χ1v) is 5.87. The van der Waals surface area contributed by atoms with Gasteiger partial charge in [-0.25, -0.2) is 4.98 Å². The molecule has 0 fully saturated rings. The van der Waals surface area contributed by atoms with Gasteiger partial charge in [0.15, 0.2) is 5.78 Å². The molecule has 0 spiro atoms. The maximum absolute atomic E-state index is 12.0. The van der Waals surface area contributed by atoms with E-state index in [1.165, 1.54) is 0 Å². The van der Waals surface area contributed by atoms with Crippen molar-refractivity contribution in [2.75, 3.05) is 5.73 Å². The summed E-state index contributed by atoms with van der Waals surface area (Å²) in [5.74, 6) is 0.580. The molecule has 2 rings (SSSR count). The van der Waals surface area contributed by atoms with E-state index in [0.717, 1.165) is 16.7 Å². The summed E-state index contributed by atoms with van der Waals surface area (Å²) in [6.45, 7) is 1.95. The summed E-state index contributed by atoms with van der Waals surface area (Å²) in [6, 6.07) is 3.55. The zero-order chi connectivity index (χ0) is 11.5. The lowest BCUT2D eigenvalue weighted by atomic mass is 10.0. The van der Waals surface area contributed by atoms with Gasteiger partial charge in [-0.3, -0.25) is 4.79 Å². The Kier molecular flexibility index (Phi) is 3.01. The highest BCUT2D eigenvalue weighted by Gasteiger charge is 2.10. The Bertz CT molecular complexity index is 519. The van der Waals surface area contributed by atoms with Crippen LogP contribution in [0.25, 0.3) is 0 Å². The lowest BCUT2D eigenvalue weighted by Crippen LogP contribution is -2.04. The first-order valence-electron chi connectivity index (χ1n) is 4.93. The predicted molar refractivity (Wildman–Crippen MR) is 65.7 cm³/mol. The number of hydrogen-bond donors (Lipinski definition) is 1. The summed E-state index contributed by atoms with van der Waals surface area (Å²) in [6.07, 6.45) is 2.00. The second kappa shape index (κ2) is 4.45. The maximum Gasteiger partial charge on any atom is 0.168 e. The van der Waals surface area contributed by atoms with Crippen molar-refractivity contribution in [2.24, 2.45) is 0 Å². The van der Waals surface area contributed by atoms with E-state index in [1.807, 2.05) is 23.8 Å². The molecule has 0 aliphatic heterocycles. The molecular weight excluding hydrogens is 220 g/mol. The van der Waals surface area contributed by atoms with Crippen LogP contribution in [0.15, 0.2) is 29.1 Å². The highest BCUT2D eigenvalue weighted by atomic mass is 32.1. The maximum atomic E-state index is 12.0. The molecule has 2 aromatic heterocycles. The molecular formula is C12H12N2OS. The molecule has 0 atom stereocenters. The SMILES string of the molecule is Cc1cscc1C(=O)Cc1ccnc(N)c1. The molecule has 0 saturated heterocycles. The Balaban J connectivity index is 2.17. The molecule has 0 unspecified atom stereocenters. The molecule has 4 heteroatoms. The van der Waals surface area contributed by atoms with Gasteiger partial charge in [0.1, 0.15) is 5.82 Å². The molecule has 0 saturated carbocycles. The first-order chi connectivity index (χ1) is 7.66. The number of aryl methyl sites for hydroxylation is 1. The lowest BCUT2D eigenvalue weighted by Gasteiger charge is -2.01. The van der Waals surface area contributed by atoms with Crippen LogP contribution in [0.5, 0.6) is 0 Å². The number of rotatable bonds is 3. The summed E-state index contributed by atoms with van der Waals surface area (Å²) in [5, 5.41) is 3.87. The number of Topliss-reactive ketones (excluding diaryl/α,β-unsaturated/α-hetero) is 1. The third-order valence-electron chi connectivity index (χ3n) is 2.37. The highest BCUT2D eigenvalue weighted by Crippen LogP contribution is 2.16. The van der Waals surface area contributed by atoms with Gasteiger partial charge in [0, 0.05) is 23.6 Å². The van der Waals surface area contributed by atoms with Crippen molar-refractivity contribution < 1.29 is 4.79 Å². The average molecular weight is 232 g/mol. The Morgan fingerprint density at radius 2 is 2.31 bits per heavy atom. The van der Waals surface area contributed by atoms with Crippen LogP contribution in [0.4, 0.5) is 5.82 Å². The zero-order valence-electron chi connectivity index (χ0n) is 8.93. The monoisotopic (exact) mass is 232 g/mol. The fourth-order valence-corrected chi connectivity index (χ4v) is 2.38. The molecule has 3 nitrogen and oxygen atoms in total. The van der Waals surface area contributed by atoms with Gasteiger partial charge in [-0.2, -0.15) is 11.3 Å². The summed E-state index contributed by atoms with van der Waals surface area (Å²) < 4.78 is 0. The molecule has 2 heterocycles. The van der Waals surface area contributed by atoms with E-state index in [4.69, 9.17) is 5.73 Å². The van der Waals surface area contributed by atoms with Crippen molar-refractivity contribution >= 4 is 22.9 Å². The van der Waals surface area contributed by atoms with Crippen LogP contribution >= 0.6 is 11.3 Å². The van der Waals surface area contributed by atoms with E-state index in [1.54, 1.807) is 23.6 Å². The van der Waals surface area contributed by atoms with E-state index < -0.39 is 0 Å². The van der Waals surface area contributed by atoms with E-state index in [9.17, 15) is 4.79 Å². The number of ketones is 1. The normalized spacial score (nSPS) is 10.3. The molecule has 82 valence electrons. The van der Waals surface area contributed by atoms with E-state index in [2.05, 4.69) is 4.98 Å². The number of carbonyl (C=O) groups is 1. The van der Waals surface area contributed by atoms with Crippen LogP contribution in [0.3, 0.4) is 0 Å².